The highest BCUT2D eigenvalue weighted by molar-refractivity contribution is 6.30. The van der Waals surface area contributed by atoms with Crippen molar-refractivity contribution in [2.75, 3.05) is 26.2 Å². The lowest BCUT2D eigenvalue weighted by molar-refractivity contribution is 0.160. The van der Waals surface area contributed by atoms with Gasteiger partial charge in [-0.1, -0.05) is 37.6 Å². The highest BCUT2D eigenvalue weighted by Crippen LogP contribution is 2.29. The number of hydrogen-bond acceptors (Lipinski definition) is 2. The molecule has 1 heterocycles. The van der Waals surface area contributed by atoms with Crippen molar-refractivity contribution in [2.45, 2.75) is 32.7 Å². The van der Waals surface area contributed by atoms with E-state index in [2.05, 4.69) is 42.3 Å². The van der Waals surface area contributed by atoms with E-state index in [0.29, 0.717) is 6.04 Å². The summed E-state index contributed by atoms with van der Waals surface area (Å²) in [5.74, 6) is 0.754. The highest BCUT2D eigenvalue weighted by Gasteiger charge is 2.22. The molecule has 2 nitrogen and oxygen atoms in total. The van der Waals surface area contributed by atoms with E-state index in [9.17, 15) is 0 Å². The van der Waals surface area contributed by atoms with Crippen molar-refractivity contribution >= 4 is 11.6 Å². The smallest absolute Gasteiger partial charge is 0.0409 e. The average molecular weight is 281 g/mol. The summed E-state index contributed by atoms with van der Waals surface area (Å²) >= 11 is 6.16. The van der Waals surface area contributed by atoms with E-state index in [-0.39, 0.29) is 0 Å². The predicted molar refractivity (Wildman–Crippen MR) is 82.7 cm³/mol. The molecule has 1 atom stereocenters. The molecule has 0 amide bonds. The van der Waals surface area contributed by atoms with Gasteiger partial charge >= 0.3 is 0 Å². The van der Waals surface area contributed by atoms with Crippen LogP contribution in [0.2, 0.25) is 5.02 Å². The maximum absolute atomic E-state index is 6.16. The molecule has 0 aromatic heterocycles. The molecule has 0 saturated carbocycles. The first-order valence-corrected chi connectivity index (χ1v) is 7.75. The molecular formula is C16H25ClN2. The first kappa shape index (κ1) is 14.8. The van der Waals surface area contributed by atoms with E-state index in [1.165, 1.54) is 18.4 Å². The molecule has 106 valence electrons. The minimum Gasteiger partial charge on any atom is -0.314 e. The van der Waals surface area contributed by atoms with Gasteiger partial charge in [0.2, 0.25) is 0 Å². The van der Waals surface area contributed by atoms with E-state index < -0.39 is 0 Å². The van der Waals surface area contributed by atoms with Crippen molar-refractivity contribution < 1.29 is 0 Å². The maximum atomic E-state index is 6.16. The Morgan fingerprint density at radius 2 is 1.95 bits per heavy atom. The van der Waals surface area contributed by atoms with Crippen molar-refractivity contribution in [1.29, 1.82) is 0 Å². The van der Waals surface area contributed by atoms with Crippen LogP contribution in [0, 0.1) is 5.92 Å². The second-order valence-electron chi connectivity index (χ2n) is 5.83. The SMILES string of the molecule is CC(C)CC[C@H](c1cccc(Cl)c1)N1CCNCC1. The third kappa shape index (κ3) is 4.48. The number of piperazine rings is 1. The molecule has 19 heavy (non-hydrogen) atoms. The lowest BCUT2D eigenvalue weighted by atomic mass is 9.96. The molecule has 1 fully saturated rings. The van der Waals surface area contributed by atoms with Crippen LogP contribution in [0.4, 0.5) is 0 Å². The molecule has 2 rings (SSSR count). The minimum absolute atomic E-state index is 0.517. The van der Waals surface area contributed by atoms with Crippen LogP contribution in [0.25, 0.3) is 0 Å². The van der Waals surface area contributed by atoms with Crippen LogP contribution in [0.5, 0.6) is 0 Å². The largest absolute Gasteiger partial charge is 0.314 e. The van der Waals surface area contributed by atoms with Crippen LogP contribution in [0.15, 0.2) is 24.3 Å². The Kier molecular flexibility index (Phi) is 5.68. The van der Waals surface area contributed by atoms with Crippen LogP contribution >= 0.6 is 11.6 Å². The van der Waals surface area contributed by atoms with Crippen molar-refractivity contribution in [3.63, 3.8) is 0 Å². The van der Waals surface area contributed by atoms with Crippen LogP contribution < -0.4 is 5.32 Å². The fraction of sp³-hybridized carbons (Fsp3) is 0.625. The van der Waals surface area contributed by atoms with Crippen LogP contribution in [0.3, 0.4) is 0 Å². The molecule has 1 saturated heterocycles. The fourth-order valence-electron chi connectivity index (χ4n) is 2.76. The average Bonchev–Trinajstić information content (AvgIpc) is 2.40. The molecule has 1 aliphatic heterocycles. The van der Waals surface area contributed by atoms with Crippen LogP contribution in [-0.4, -0.2) is 31.1 Å². The van der Waals surface area contributed by atoms with Crippen LogP contribution in [0.1, 0.15) is 38.3 Å². The first-order chi connectivity index (χ1) is 9.16. The van der Waals surface area contributed by atoms with Crippen molar-refractivity contribution in [2.24, 2.45) is 5.92 Å². The van der Waals surface area contributed by atoms with Gasteiger partial charge in [-0.15, -0.1) is 0 Å². The maximum Gasteiger partial charge on any atom is 0.0409 e. The standard InChI is InChI=1S/C16H25ClN2/c1-13(2)6-7-16(19-10-8-18-9-11-19)14-4-3-5-15(17)12-14/h3-5,12-13,16,18H,6-11H2,1-2H3/t16-/m1/s1. The predicted octanol–water partition coefficient (Wildman–Crippen LogP) is 3.72. The zero-order valence-electron chi connectivity index (χ0n) is 12.0. The van der Waals surface area contributed by atoms with Crippen molar-refractivity contribution in [3.8, 4) is 0 Å². The van der Waals surface area contributed by atoms with E-state index in [0.717, 1.165) is 37.1 Å². The Labute approximate surface area is 122 Å². The molecule has 1 N–H and O–H groups in total. The monoisotopic (exact) mass is 280 g/mol. The molecule has 0 spiro atoms. The molecule has 0 radical (unpaired) electrons. The Morgan fingerprint density at radius 1 is 1.21 bits per heavy atom. The summed E-state index contributed by atoms with van der Waals surface area (Å²) in [6.07, 6.45) is 2.49. The van der Waals surface area contributed by atoms with Gasteiger partial charge in [-0.3, -0.25) is 4.90 Å². The molecule has 1 aliphatic rings. The van der Waals surface area contributed by atoms with Gasteiger partial charge in [-0.05, 0) is 36.5 Å². The van der Waals surface area contributed by atoms with Gasteiger partial charge in [0.1, 0.15) is 0 Å². The molecule has 0 unspecified atom stereocenters. The molecule has 0 bridgehead atoms. The van der Waals surface area contributed by atoms with Gasteiger partial charge in [-0.2, -0.15) is 0 Å². The number of rotatable bonds is 5. The lowest BCUT2D eigenvalue weighted by Crippen LogP contribution is -2.45. The number of halogens is 1. The van der Waals surface area contributed by atoms with Gasteiger partial charge in [-0.25, -0.2) is 0 Å². The second kappa shape index (κ2) is 7.28. The number of nitrogens with zero attached hydrogens (tertiary/aromatic N) is 1. The molecular weight excluding hydrogens is 256 g/mol. The zero-order chi connectivity index (χ0) is 13.7. The highest BCUT2D eigenvalue weighted by atomic mass is 35.5. The van der Waals surface area contributed by atoms with Crippen LogP contribution in [-0.2, 0) is 0 Å². The number of nitrogens with one attached hydrogen (secondary N) is 1. The molecule has 3 heteroatoms. The van der Waals surface area contributed by atoms with Gasteiger partial charge in [0.25, 0.3) is 0 Å². The third-order valence-corrected chi connectivity index (χ3v) is 4.08. The van der Waals surface area contributed by atoms with E-state index in [1.807, 2.05) is 6.07 Å². The summed E-state index contributed by atoms with van der Waals surface area (Å²) in [4.78, 5) is 2.60. The minimum atomic E-state index is 0.517. The van der Waals surface area contributed by atoms with E-state index >= 15 is 0 Å². The summed E-state index contributed by atoms with van der Waals surface area (Å²) in [5, 5.41) is 4.28. The second-order valence-corrected chi connectivity index (χ2v) is 6.26. The lowest BCUT2D eigenvalue weighted by Gasteiger charge is -2.35. The fourth-order valence-corrected chi connectivity index (χ4v) is 2.96. The Bertz CT molecular complexity index is 386. The number of benzene rings is 1. The van der Waals surface area contributed by atoms with Gasteiger partial charge in [0.05, 0.1) is 0 Å². The summed E-state index contributed by atoms with van der Waals surface area (Å²) in [7, 11) is 0. The van der Waals surface area contributed by atoms with E-state index in [4.69, 9.17) is 11.6 Å². The van der Waals surface area contributed by atoms with E-state index in [1.54, 1.807) is 0 Å². The Hall–Kier alpha value is -0.570. The third-order valence-electron chi connectivity index (χ3n) is 3.84. The summed E-state index contributed by atoms with van der Waals surface area (Å²) in [6, 6.07) is 8.90. The van der Waals surface area contributed by atoms with Crippen molar-refractivity contribution in [3.05, 3.63) is 34.9 Å². The summed E-state index contributed by atoms with van der Waals surface area (Å²) < 4.78 is 0. The first-order valence-electron chi connectivity index (χ1n) is 7.37. The van der Waals surface area contributed by atoms with Gasteiger partial charge < -0.3 is 5.32 Å². The normalized spacial score (nSPS) is 18.7. The Morgan fingerprint density at radius 3 is 2.58 bits per heavy atom. The van der Waals surface area contributed by atoms with Gasteiger partial charge in [0, 0.05) is 37.2 Å². The molecule has 1 aromatic carbocycles. The molecule has 0 aliphatic carbocycles. The topological polar surface area (TPSA) is 15.3 Å². The zero-order valence-corrected chi connectivity index (χ0v) is 12.8. The summed E-state index contributed by atoms with van der Waals surface area (Å²) in [6.45, 7) is 9.06. The summed E-state index contributed by atoms with van der Waals surface area (Å²) in [5.41, 5.74) is 1.37. The Balaban J connectivity index is 2.12. The van der Waals surface area contributed by atoms with Gasteiger partial charge in [0.15, 0.2) is 0 Å². The van der Waals surface area contributed by atoms with Crippen molar-refractivity contribution in [1.82, 2.24) is 10.2 Å². The number of hydrogen-bond donors (Lipinski definition) is 1. The quantitative estimate of drug-likeness (QED) is 0.884. The molecule has 1 aromatic rings.